The summed E-state index contributed by atoms with van der Waals surface area (Å²) in [6.07, 6.45) is 0.0631. The van der Waals surface area contributed by atoms with Crippen LogP contribution in [0.1, 0.15) is 29.8 Å². The van der Waals surface area contributed by atoms with Gasteiger partial charge in [0.15, 0.2) is 0 Å². The van der Waals surface area contributed by atoms with E-state index in [0.29, 0.717) is 0 Å². The Kier molecular flexibility index (Phi) is 6.36. The second kappa shape index (κ2) is 8.29. The quantitative estimate of drug-likeness (QED) is 0.727. The van der Waals surface area contributed by atoms with Crippen LogP contribution in [0.4, 0.5) is 13.2 Å². The molecule has 0 fully saturated rings. The monoisotopic (exact) mass is 369 g/mol. The molecule has 3 nitrogen and oxygen atoms in total. The zero-order chi connectivity index (χ0) is 18.4. The number of halogens is 3. The summed E-state index contributed by atoms with van der Waals surface area (Å²) in [7, 11) is 0. The van der Waals surface area contributed by atoms with E-state index >= 15 is 0 Å². The first-order valence-corrected chi connectivity index (χ1v) is 8.45. The van der Waals surface area contributed by atoms with Crippen molar-refractivity contribution in [2.45, 2.75) is 36.9 Å². The van der Waals surface area contributed by atoms with Gasteiger partial charge >= 0.3 is 5.51 Å². The summed E-state index contributed by atoms with van der Waals surface area (Å²) < 4.78 is 43.3. The summed E-state index contributed by atoms with van der Waals surface area (Å²) in [6.45, 7) is 4.06. The number of nitrogens with one attached hydrogen (secondary N) is 1. The lowest BCUT2D eigenvalue weighted by atomic mass is 10.2. The predicted octanol–water partition coefficient (Wildman–Crippen LogP) is 5.02. The van der Waals surface area contributed by atoms with Gasteiger partial charge in [-0.2, -0.15) is 13.2 Å². The van der Waals surface area contributed by atoms with E-state index in [1.54, 1.807) is 24.3 Å². The van der Waals surface area contributed by atoms with Crippen molar-refractivity contribution in [1.29, 1.82) is 0 Å². The lowest BCUT2D eigenvalue weighted by Crippen LogP contribution is -2.23. The molecule has 134 valence electrons. The van der Waals surface area contributed by atoms with E-state index in [1.807, 2.05) is 13.8 Å². The Labute approximate surface area is 148 Å². The lowest BCUT2D eigenvalue weighted by molar-refractivity contribution is -0.0328. The minimum atomic E-state index is -4.44. The molecule has 25 heavy (non-hydrogen) atoms. The summed E-state index contributed by atoms with van der Waals surface area (Å²) in [4.78, 5) is 12.1. The van der Waals surface area contributed by atoms with Crippen LogP contribution in [0.3, 0.4) is 0 Å². The molecule has 0 unspecified atom stereocenters. The maximum Gasteiger partial charge on any atom is 0.446 e. The van der Waals surface area contributed by atoms with Crippen LogP contribution >= 0.6 is 11.8 Å². The second-order valence-corrected chi connectivity index (χ2v) is 6.64. The molecular formula is C18H18F3NO2S. The molecule has 2 rings (SSSR count). The molecule has 0 aromatic heterocycles. The van der Waals surface area contributed by atoms with Crippen LogP contribution in [0.15, 0.2) is 53.4 Å². The molecule has 0 heterocycles. The average Bonchev–Trinajstić information content (AvgIpc) is 2.52. The Morgan fingerprint density at radius 3 is 2.36 bits per heavy atom. The van der Waals surface area contributed by atoms with Gasteiger partial charge < -0.3 is 10.1 Å². The molecular weight excluding hydrogens is 351 g/mol. The molecule has 0 saturated heterocycles. The summed E-state index contributed by atoms with van der Waals surface area (Å²) in [5.74, 6) is 0.173. The highest BCUT2D eigenvalue weighted by atomic mass is 32.2. The van der Waals surface area contributed by atoms with E-state index in [2.05, 4.69) is 5.32 Å². The number of rotatable bonds is 6. The van der Waals surface area contributed by atoms with Gasteiger partial charge in [-0.25, -0.2) is 0 Å². The first-order valence-electron chi connectivity index (χ1n) is 7.63. The van der Waals surface area contributed by atoms with Crippen LogP contribution in [0.25, 0.3) is 0 Å². The SMILES string of the molecule is CC(C)Oc1ccc(CNC(=O)c2ccccc2SC(F)(F)F)cc1. The summed E-state index contributed by atoms with van der Waals surface area (Å²) in [5, 5.41) is 2.64. The number of carbonyl (C=O) groups excluding carboxylic acids is 1. The molecule has 0 saturated carbocycles. The zero-order valence-corrected chi connectivity index (χ0v) is 14.6. The van der Waals surface area contributed by atoms with Gasteiger partial charge in [0.2, 0.25) is 0 Å². The molecule has 7 heteroatoms. The number of carbonyl (C=O) groups is 1. The lowest BCUT2D eigenvalue weighted by Gasteiger charge is -2.12. The van der Waals surface area contributed by atoms with Crippen LogP contribution in [-0.2, 0) is 6.54 Å². The highest BCUT2D eigenvalue weighted by Crippen LogP contribution is 2.38. The Morgan fingerprint density at radius 2 is 1.76 bits per heavy atom. The molecule has 0 aliphatic carbocycles. The van der Waals surface area contributed by atoms with Crippen molar-refractivity contribution in [3.05, 3.63) is 59.7 Å². The standard InChI is InChI=1S/C18H18F3NO2S/c1-12(2)24-14-9-7-13(8-10-14)11-22-17(23)15-5-3-4-6-16(15)25-18(19,20)21/h3-10,12H,11H2,1-2H3,(H,22,23). The molecule has 1 amide bonds. The number of alkyl halides is 3. The van der Waals surface area contributed by atoms with Gasteiger partial charge in [-0.3, -0.25) is 4.79 Å². The maximum absolute atomic E-state index is 12.6. The minimum Gasteiger partial charge on any atom is -0.491 e. The average molecular weight is 369 g/mol. The van der Waals surface area contributed by atoms with E-state index in [0.717, 1.165) is 11.3 Å². The molecule has 2 aromatic carbocycles. The summed E-state index contributed by atoms with van der Waals surface area (Å²) >= 11 is -0.292. The third-order valence-corrected chi connectivity index (χ3v) is 3.91. The molecule has 0 bridgehead atoms. The van der Waals surface area contributed by atoms with Crippen molar-refractivity contribution < 1.29 is 22.7 Å². The fourth-order valence-corrected chi connectivity index (χ4v) is 2.77. The Bertz CT molecular complexity index is 715. The zero-order valence-electron chi connectivity index (χ0n) is 13.8. The van der Waals surface area contributed by atoms with Gasteiger partial charge in [0.25, 0.3) is 5.91 Å². The van der Waals surface area contributed by atoms with Crippen molar-refractivity contribution >= 4 is 17.7 Å². The normalized spacial score (nSPS) is 11.4. The fourth-order valence-electron chi connectivity index (χ4n) is 2.10. The Hall–Kier alpha value is -2.15. The molecule has 2 aromatic rings. The maximum atomic E-state index is 12.6. The molecule has 0 spiro atoms. The van der Waals surface area contributed by atoms with Crippen LogP contribution < -0.4 is 10.1 Å². The highest BCUT2D eigenvalue weighted by molar-refractivity contribution is 8.00. The highest BCUT2D eigenvalue weighted by Gasteiger charge is 2.31. The Balaban J connectivity index is 2.01. The first kappa shape index (κ1) is 19.2. The van der Waals surface area contributed by atoms with E-state index in [9.17, 15) is 18.0 Å². The first-order chi connectivity index (χ1) is 11.7. The summed E-state index contributed by atoms with van der Waals surface area (Å²) in [6, 6.07) is 12.8. The number of benzene rings is 2. The number of amides is 1. The topological polar surface area (TPSA) is 38.3 Å². The van der Waals surface area contributed by atoms with Crippen LogP contribution in [0.5, 0.6) is 5.75 Å². The van der Waals surface area contributed by atoms with Crippen molar-refractivity contribution in [2.75, 3.05) is 0 Å². The molecule has 1 N–H and O–H groups in total. The van der Waals surface area contributed by atoms with E-state index in [-0.39, 0.29) is 34.9 Å². The predicted molar refractivity (Wildman–Crippen MR) is 91.7 cm³/mol. The van der Waals surface area contributed by atoms with Crippen molar-refractivity contribution in [1.82, 2.24) is 5.32 Å². The fraction of sp³-hybridized carbons (Fsp3) is 0.278. The number of hydrogen-bond acceptors (Lipinski definition) is 3. The van der Waals surface area contributed by atoms with E-state index in [4.69, 9.17) is 4.74 Å². The third-order valence-electron chi connectivity index (χ3n) is 3.11. The largest absolute Gasteiger partial charge is 0.491 e. The van der Waals surface area contributed by atoms with Crippen molar-refractivity contribution in [2.24, 2.45) is 0 Å². The van der Waals surface area contributed by atoms with E-state index in [1.165, 1.54) is 24.3 Å². The van der Waals surface area contributed by atoms with Crippen LogP contribution in [-0.4, -0.2) is 17.5 Å². The van der Waals surface area contributed by atoms with Gasteiger partial charge in [-0.1, -0.05) is 24.3 Å². The van der Waals surface area contributed by atoms with Gasteiger partial charge in [0, 0.05) is 11.4 Å². The molecule has 0 radical (unpaired) electrons. The van der Waals surface area contributed by atoms with Crippen LogP contribution in [0.2, 0.25) is 0 Å². The molecule has 0 aliphatic heterocycles. The minimum absolute atomic E-state index is 0.00425. The molecule has 0 aliphatic rings. The van der Waals surface area contributed by atoms with Gasteiger partial charge in [-0.05, 0) is 55.4 Å². The van der Waals surface area contributed by atoms with Gasteiger partial charge in [0.1, 0.15) is 5.75 Å². The van der Waals surface area contributed by atoms with Crippen LogP contribution in [0, 0.1) is 0 Å². The Morgan fingerprint density at radius 1 is 1.12 bits per heavy atom. The van der Waals surface area contributed by atoms with Gasteiger partial charge in [0.05, 0.1) is 11.7 Å². The summed E-state index contributed by atoms with van der Waals surface area (Å²) in [5.41, 5.74) is -3.61. The number of ether oxygens (including phenoxy) is 1. The van der Waals surface area contributed by atoms with E-state index < -0.39 is 11.4 Å². The number of thioether (sulfide) groups is 1. The number of hydrogen-bond donors (Lipinski definition) is 1. The molecule has 0 atom stereocenters. The van der Waals surface area contributed by atoms with Gasteiger partial charge in [-0.15, -0.1) is 0 Å². The van der Waals surface area contributed by atoms with Crippen molar-refractivity contribution in [3.63, 3.8) is 0 Å². The smallest absolute Gasteiger partial charge is 0.446 e. The van der Waals surface area contributed by atoms with Crippen molar-refractivity contribution in [3.8, 4) is 5.75 Å². The second-order valence-electron chi connectivity index (χ2n) is 5.54. The third kappa shape index (κ3) is 6.34.